The summed E-state index contributed by atoms with van der Waals surface area (Å²) in [5.41, 5.74) is 0. The number of unbranched alkanes of at least 4 members (excludes halogenated alkanes) is 36. The molecule has 0 bridgehead atoms. The van der Waals surface area contributed by atoms with Crippen molar-refractivity contribution in [1.82, 2.24) is 5.32 Å². The molecule has 0 aliphatic heterocycles. The van der Waals surface area contributed by atoms with Gasteiger partial charge in [-0.3, -0.25) is 4.79 Å². The van der Waals surface area contributed by atoms with Gasteiger partial charge in [0.2, 0.25) is 5.91 Å². The van der Waals surface area contributed by atoms with Crippen LogP contribution in [0.25, 0.3) is 0 Å². The van der Waals surface area contributed by atoms with Crippen molar-refractivity contribution >= 4 is 5.91 Å². The zero-order chi connectivity index (χ0) is 39.6. The fourth-order valence-corrected chi connectivity index (χ4v) is 7.94. The van der Waals surface area contributed by atoms with Gasteiger partial charge in [-0.05, 0) is 12.8 Å². The summed E-state index contributed by atoms with van der Waals surface area (Å²) >= 11 is 0. The summed E-state index contributed by atoms with van der Waals surface area (Å²) in [4.78, 5) is 12.5. The van der Waals surface area contributed by atoms with Crippen LogP contribution in [0.4, 0.5) is 0 Å². The molecular formula is C48H97NO5. The number of carbonyl (C=O) groups is 1. The minimum atomic E-state index is -1.25. The van der Waals surface area contributed by atoms with Crippen molar-refractivity contribution < 1.29 is 25.2 Å². The van der Waals surface area contributed by atoms with Crippen molar-refractivity contribution in [3.63, 3.8) is 0 Å². The molecule has 6 heteroatoms. The van der Waals surface area contributed by atoms with Gasteiger partial charge in [-0.2, -0.15) is 0 Å². The van der Waals surface area contributed by atoms with Gasteiger partial charge < -0.3 is 25.7 Å². The summed E-state index contributed by atoms with van der Waals surface area (Å²) in [6, 6.07) is -0.979. The van der Waals surface area contributed by atoms with Crippen LogP contribution in [0.15, 0.2) is 0 Å². The van der Waals surface area contributed by atoms with Crippen LogP contribution < -0.4 is 5.32 Å². The van der Waals surface area contributed by atoms with E-state index in [4.69, 9.17) is 0 Å². The number of hydrogen-bond acceptors (Lipinski definition) is 5. The Labute approximate surface area is 337 Å². The lowest BCUT2D eigenvalue weighted by molar-refractivity contribution is -0.132. The Morgan fingerprint density at radius 3 is 0.889 bits per heavy atom. The SMILES string of the molecule is CCCCCCCCCCCCCCCCCCCCCCCCCC(O)C(O)C(CO)NC(=O)C(O)CCCCCCCCCCCCCCCCC. The van der Waals surface area contributed by atoms with Gasteiger partial charge in [-0.15, -0.1) is 0 Å². The van der Waals surface area contributed by atoms with Crippen molar-refractivity contribution in [2.24, 2.45) is 0 Å². The fraction of sp³-hybridized carbons (Fsp3) is 0.979. The van der Waals surface area contributed by atoms with Crippen molar-refractivity contribution in [2.45, 2.75) is 295 Å². The second-order valence-electron chi connectivity index (χ2n) is 17.2. The first-order valence-corrected chi connectivity index (χ1v) is 24.4. The highest BCUT2D eigenvalue weighted by Crippen LogP contribution is 2.18. The molecule has 54 heavy (non-hydrogen) atoms. The second-order valence-corrected chi connectivity index (χ2v) is 17.2. The standard InChI is InChI=1S/C48H97NO5/c1-3-5-7-9-11-13-15-17-19-20-21-22-23-24-25-26-28-29-31-33-35-37-39-41-45(51)47(53)44(43-50)49-48(54)46(52)42-40-38-36-34-32-30-27-18-16-14-12-10-8-6-4-2/h44-47,50-53H,3-43H2,1-2H3,(H,49,54). The summed E-state index contributed by atoms with van der Waals surface area (Å²) in [5.74, 6) is -0.578. The van der Waals surface area contributed by atoms with Crippen molar-refractivity contribution in [3.05, 3.63) is 0 Å². The summed E-state index contributed by atoms with van der Waals surface area (Å²) in [6.45, 7) is 4.08. The number of nitrogens with one attached hydrogen (secondary N) is 1. The summed E-state index contributed by atoms with van der Waals surface area (Å²) in [5, 5.41) is 43.8. The van der Waals surface area contributed by atoms with Gasteiger partial charge in [0.15, 0.2) is 0 Å². The molecule has 0 rings (SSSR count). The predicted octanol–water partition coefficient (Wildman–Crippen LogP) is 13.2. The third kappa shape index (κ3) is 36.9. The molecule has 0 fully saturated rings. The van der Waals surface area contributed by atoms with E-state index < -0.39 is 36.9 Å². The molecule has 0 aliphatic carbocycles. The molecule has 1 amide bonds. The molecule has 4 unspecified atom stereocenters. The number of aliphatic hydroxyl groups is 4. The third-order valence-electron chi connectivity index (χ3n) is 11.8. The normalized spacial score (nSPS) is 14.0. The van der Waals surface area contributed by atoms with Crippen molar-refractivity contribution in [3.8, 4) is 0 Å². The first-order valence-electron chi connectivity index (χ1n) is 24.4. The van der Waals surface area contributed by atoms with Gasteiger partial charge in [0.25, 0.3) is 0 Å². The highest BCUT2D eigenvalue weighted by molar-refractivity contribution is 5.80. The van der Waals surface area contributed by atoms with E-state index >= 15 is 0 Å². The maximum atomic E-state index is 12.5. The molecule has 0 heterocycles. The smallest absolute Gasteiger partial charge is 0.249 e. The fourth-order valence-electron chi connectivity index (χ4n) is 7.94. The molecule has 6 nitrogen and oxygen atoms in total. The molecule has 0 saturated carbocycles. The third-order valence-corrected chi connectivity index (χ3v) is 11.8. The summed E-state index contributed by atoms with van der Waals surface area (Å²) in [6.07, 6.45) is 47.1. The average molecular weight is 768 g/mol. The number of hydrogen-bond donors (Lipinski definition) is 5. The lowest BCUT2D eigenvalue weighted by atomic mass is 9.99. The van der Waals surface area contributed by atoms with Gasteiger partial charge >= 0.3 is 0 Å². The maximum Gasteiger partial charge on any atom is 0.249 e. The first kappa shape index (κ1) is 53.3. The molecule has 0 spiro atoms. The summed E-state index contributed by atoms with van der Waals surface area (Å²) in [7, 11) is 0. The monoisotopic (exact) mass is 768 g/mol. The largest absolute Gasteiger partial charge is 0.394 e. The quantitative estimate of drug-likeness (QED) is 0.0396. The van der Waals surface area contributed by atoms with Gasteiger partial charge in [-0.1, -0.05) is 258 Å². The van der Waals surface area contributed by atoms with Crippen LogP contribution >= 0.6 is 0 Å². The Balaban J connectivity index is 3.63. The predicted molar refractivity (Wildman–Crippen MR) is 233 cm³/mol. The summed E-state index contributed by atoms with van der Waals surface area (Å²) < 4.78 is 0. The zero-order valence-electron chi connectivity index (χ0n) is 36.5. The Bertz CT molecular complexity index is 736. The topological polar surface area (TPSA) is 110 Å². The van der Waals surface area contributed by atoms with Crippen LogP contribution in [0.1, 0.15) is 271 Å². The molecule has 5 N–H and O–H groups in total. The Morgan fingerprint density at radius 2 is 0.630 bits per heavy atom. The van der Waals surface area contributed by atoms with E-state index in [-0.39, 0.29) is 0 Å². The van der Waals surface area contributed by atoms with Crippen LogP contribution in [-0.4, -0.2) is 57.3 Å². The molecule has 0 aromatic rings. The van der Waals surface area contributed by atoms with Gasteiger partial charge in [0.1, 0.15) is 12.2 Å². The maximum absolute atomic E-state index is 12.5. The van der Waals surface area contributed by atoms with Gasteiger partial charge in [0, 0.05) is 0 Å². The minimum Gasteiger partial charge on any atom is -0.394 e. The van der Waals surface area contributed by atoms with Crippen LogP contribution in [0.3, 0.4) is 0 Å². The number of amides is 1. The van der Waals surface area contributed by atoms with E-state index in [2.05, 4.69) is 19.2 Å². The van der Waals surface area contributed by atoms with Crippen LogP contribution in [0.2, 0.25) is 0 Å². The van der Waals surface area contributed by atoms with E-state index in [1.165, 1.54) is 205 Å². The van der Waals surface area contributed by atoms with E-state index in [0.717, 1.165) is 38.5 Å². The van der Waals surface area contributed by atoms with Crippen LogP contribution in [0.5, 0.6) is 0 Å². The van der Waals surface area contributed by atoms with E-state index in [9.17, 15) is 25.2 Å². The molecule has 0 aliphatic rings. The average Bonchev–Trinajstić information content (AvgIpc) is 3.18. The molecule has 0 radical (unpaired) electrons. The van der Waals surface area contributed by atoms with E-state index in [1.807, 2.05) is 0 Å². The minimum absolute atomic E-state index is 0.375. The second kappa shape index (κ2) is 43.4. The number of rotatable bonds is 45. The number of carbonyl (C=O) groups excluding carboxylic acids is 1. The Morgan fingerprint density at radius 1 is 0.389 bits per heavy atom. The highest BCUT2D eigenvalue weighted by atomic mass is 16.3. The lowest BCUT2D eigenvalue weighted by Gasteiger charge is -2.27. The molecule has 0 aromatic heterocycles. The highest BCUT2D eigenvalue weighted by Gasteiger charge is 2.28. The Kier molecular flexibility index (Phi) is 42.9. The van der Waals surface area contributed by atoms with Crippen molar-refractivity contribution in [2.75, 3.05) is 6.61 Å². The van der Waals surface area contributed by atoms with Gasteiger partial charge in [-0.25, -0.2) is 0 Å². The zero-order valence-corrected chi connectivity index (χ0v) is 36.5. The van der Waals surface area contributed by atoms with Crippen LogP contribution in [-0.2, 0) is 4.79 Å². The van der Waals surface area contributed by atoms with Crippen LogP contribution in [0, 0.1) is 0 Å². The van der Waals surface area contributed by atoms with E-state index in [0.29, 0.717) is 12.8 Å². The number of aliphatic hydroxyl groups excluding tert-OH is 4. The van der Waals surface area contributed by atoms with Crippen molar-refractivity contribution in [1.29, 1.82) is 0 Å². The van der Waals surface area contributed by atoms with E-state index in [1.54, 1.807) is 0 Å². The van der Waals surface area contributed by atoms with Gasteiger partial charge in [0.05, 0.1) is 18.8 Å². The molecular weight excluding hydrogens is 671 g/mol. The molecule has 0 saturated heterocycles. The first-order chi connectivity index (χ1) is 26.5. The lowest BCUT2D eigenvalue weighted by Crippen LogP contribution is -2.53. The molecule has 324 valence electrons. The molecule has 0 aromatic carbocycles. The molecule has 4 atom stereocenters. The Hall–Kier alpha value is -0.690.